The standard InChI is InChI=1S/C18H28FNO2Si/c1-18(2,3)23(4,5)22-13-15-11-16(19)17(21)20(15)12-14-9-7-6-8-10-14/h6-10,15-16H,11-13H2,1-5H3/t15-,16+/m0/s1. The minimum Gasteiger partial charge on any atom is -0.415 e. The van der Waals surface area contributed by atoms with Gasteiger partial charge in [-0.3, -0.25) is 4.79 Å². The normalized spacial score (nSPS) is 22.7. The third-order valence-corrected chi connectivity index (χ3v) is 9.61. The Labute approximate surface area is 140 Å². The van der Waals surface area contributed by atoms with Gasteiger partial charge in [-0.1, -0.05) is 51.1 Å². The Morgan fingerprint density at radius 2 is 1.87 bits per heavy atom. The fourth-order valence-electron chi connectivity index (χ4n) is 2.49. The highest BCUT2D eigenvalue weighted by atomic mass is 28.4. The highest BCUT2D eigenvalue weighted by Crippen LogP contribution is 2.37. The number of alkyl halides is 1. The molecule has 2 rings (SSSR count). The average molecular weight is 338 g/mol. The van der Waals surface area contributed by atoms with E-state index < -0.39 is 20.4 Å². The van der Waals surface area contributed by atoms with Crippen LogP contribution in [0.5, 0.6) is 0 Å². The van der Waals surface area contributed by atoms with Crippen LogP contribution in [0.15, 0.2) is 30.3 Å². The van der Waals surface area contributed by atoms with E-state index in [4.69, 9.17) is 4.43 Å². The van der Waals surface area contributed by atoms with Gasteiger partial charge in [0.2, 0.25) is 0 Å². The molecule has 0 radical (unpaired) electrons. The average Bonchev–Trinajstić information content (AvgIpc) is 2.73. The Morgan fingerprint density at radius 3 is 2.43 bits per heavy atom. The number of nitrogens with zero attached hydrogens (tertiary/aromatic N) is 1. The van der Waals surface area contributed by atoms with Gasteiger partial charge in [-0.25, -0.2) is 4.39 Å². The SMILES string of the molecule is CC(C)(C)[Si](C)(C)OC[C@@H]1C[C@@H](F)C(=O)N1Cc1ccccc1. The molecular formula is C18H28FNO2Si. The predicted molar refractivity (Wildman–Crippen MR) is 93.4 cm³/mol. The number of carbonyl (C=O) groups excluding carboxylic acids is 1. The van der Waals surface area contributed by atoms with Gasteiger partial charge in [0.1, 0.15) is 0 Å². The Hall–Kier alpha value is -1.20. The quantitative estimate of drug-likeness (QED) is 0.756. The lowest BCUT2D eigenvalue weighted by Gasteiger charge is -2.38. The molecule has 23 heavy (non-hydrogen) atoms. The van der Waals surface area contributed by atoms with Crippen LogP contribution in [-0.4, -0.2) is 37.9 Å². The van der Waals surface area contributed by atoms with Gasteiger partial charge in [0.25, 0.3) is 5.91 Å². The summed E-state index contributed by atoms with van der Waals surface area (Å²) >= 11 is 0. The van der Waals surface area contributed by atoms with Crippen LogP contribution in [0.4, 0.5) is 4.39 Å². The van der Waals surface area contributed by atoms with Gasteiger partial charge >= 0.3 is 0 Å². The Kier molecular flexibility index (Phi) is 5.31. The third kappa shape index (κ3) is 4.21. The molecule has 1 aliphatic heterocycles. The molecule has 1 aromatic carbocycles. The molecular weight excluding hydrogens is 309 g/mol. The summed E-state index contributed by atoms with van der Waals surface area (Å²) in [6.45, 7) is 11.8. The van der Waals surface area contributed by atoms with Crippen LogP contribution in [0.1, 0.15) is 32.8 Å². The molecule has 1 heterocycles. The molecule has 1 amide bonds. The zero-order chi connectivity index (χ0) is 17.3. The molecule has 0 aromatic heterocycles. The van der Waals surface area contributed by atoms with Crippen molar-refractivity contribution in [3.05, 3.63) is 35.9 Å². The second kappa shape index (κ2) is 6.73. The second-order valence-electron chi connectivity index (χ2n) is 7.88. The van der Waals surface area contributed by atoms with Crippen LogP contribution in [0.3, 0.4) is 0 Å². The molecule has 1 aliphatic rings. The van der Waals surface area contributed by atoms with E-state index in [1.54, 1.807) is 4.90 Å². The van der Waals surface area contributed by atoms with E-state index in [0.717, 1.165) is 5.56 Å². The summed E-state index contributed by atoms with van der Waals surface area (Å²) in [6, 6.07) is 9.56. The second-order valence-corrected chi connectivity index (χ2v) is 12.7. The van der Waals surface area contributed by atoms with E-state index in [-0.39, 0.29) is 17.5 Å². The Balaban J connectivity index is 2.06. The first-order valence-electron chi connectivity index (χ1n) is 8.24. The van der Waals surface area contributed by atoms with Crippen LogP contribution in [0.25, 0.3) is 0 Å². The van der Waals surface area contributed by atoms with E-state index in [1.807, 2.05) is 30.3 Å². The van der Waals surface area contributed by atoms with Crippen molar-refractivity contribution in [2.75, 3.05) is 6.61 Å². The largest absolute Gasteiger partial charge is 0.415 e. The first kappa shape index (κ1) is 18.1. The van der Waals surface area contributed by atoms with Crippen molar-refractivity contribution < 1.29 is 13.6 Å². The van der Waals surface area contributed by atoms with Crippen molar-refractivity contribution in [1.29, 1.82) is 0 Å². The maximum absolute atomic E-state index is 13.9. The van der Waals surface area contributed by atoms with E-state index in [9.17, 15) is 9.18 Å². The van der Waals surface area contributed by atoms with Gasteiger partial charge in [-0.15, -0.1) is 0 Å². The van der Waals surface area contributed by atoms with E-state index in [2.05, 4.69) is 33.9 Å². The molecule has 0 spiro atoms. The first-order valence-corrected chi connectivity index (χ1v) is 11.1. The minimum absolute atomic E-state index is 0.106. The molecule has 0 unspecified atom stereocenters. The van der Waals surface area contributed by atoms with Crippen LogP contribution in [0, 0.1) is 0 Å². The molecule has 5 heteroatoms. The number of carbonyl (C=O) groups is 1. The number of amides is 1. The topological polar surface area (TPSA) is 29.5 Å². The molecule has 0 aliphatic carbocycles. The highest BCUT2D eigenvalue weighted by molar-refractivity contribution is 6.74. The first-order chi connectivity index (χ1) is 10.6. The van der Waals surface area contributed by atoms with Gasteiger partial charge < -0.3 is 9.33 Å². The minimum atomic E-state index is -1.90. The Morgan fingerprint density at radius 1 is 1.26 bits per heavy atom. The summed E-state index contributed by atoms with van der Waals surface area (Å²) in [7, 11) is -1.90. The molecule has 1 fully saturated rings. The summed E-state index contributed by atoms with van der Waals surface area (Å²) in [6.07, 6.45) is -1.16. The molecule has 1 saturated heterocycles. The van der Waals surface area contributed by atoms with Gasteiger partial charge in [0, 0.05) is 13.0 Å². The molecule has 0 N–H and O–H groups in total. The molecule has 0 saturated carbocycles. The monoisotopic (exact) mass is 337 g/mol. The zero-order valence-electron chi connectivity index (χ0n) is 14.8. The van der Waals surface area contributed by atoms with E-state index in [0.29, 0.717) is 13.2 Å². The lowest BCUT2D eigenvalue weighted by molar-refractivity contribution is -0.133. The third-order valence-electron chi connectivity index (χ3n) is 5.11. The van der Waals surface area contributed by atoms with Gasteiger partial charge in [0.05, 0.1) is 12.6 Å². The number of hydrogen-bond acceptors (Lipinski definition) is 2. The Bertz CT molecular complexity index is 542. The summed E-state index contributed by atoms with van der Waals surface area (Å²) in [5.74, 6) is -0.405. The summed E-state index contributed by atoms with van der Waals surface area (Å²) in [5, 5.41) is 0.106. The van der Waals surface area contributed by atoms with Crippen LogP contribution in [-0.2, 0) is 15.8 Å². The van der Waals surface area contributed by atoms with Gasteiger partial charge in [-0.2, -0.15) is 0 Å². The number of benzene rings is 1. The maximum atomic E-state index is 13.9. The van der Waals surface area contributed by atoms with Crippen molar-refractivity contribution in [2.24, 2.45) is 0 Å². The van der Waals surface area contributed by atoms with Crippen molar-refractivity contribution in [1.82, 2.24) is 4.90 Å². The smallest absolute Gasteiger partial charge is 0.257 e. The van der Waals surface area contributed by atoms with Crippen molar-refractivity contribution >= 4 is 14.2 Å². The van der Waals surface area contributed by atoms with Crippen molar-refractivity contribution in [3.8, 4) is 0 Å². The van der Waals surface area contributed by atoms with Crippen LogP contribution in [0.2, 0.25) is 18.1 Å². The van der Waals surface area contributed by atoms with Crippen molar-refractivity contribution in [3.63, 3.8) is 0 Å². The molecule has 1 aromatic rings. The van der Waals surface area contributed by atoms with Crippen LogP contribution < -0.4 is 0 Å². The molecule has 0 bridgehead atoms. The van der Waals surface area contributed by atoms with Crippen molar-refractivity contribution in [2.45, 2.75) is 64.1 Å². The van der Waals surface area contributed by atoms with Crippen LogP contribution >= 0.6 is 0 Å². The summed E-state index contributed by atoms with van der Waals surface area (Å²) in [5.41, 5.74) is 1.02. The molecule has 128 valence electrons. The summed E-state index contributed by atoms with van der Waals surface area (Å²) in [4.78, 5) is 13.8. The van der Waals surface area contributed by atoms with Gasteiger partial charge in [0.15, 0.2) is 14.5 Å². The number of hydrogen-bond donors (Lipinski definition) is 0. The molecule has 2 atom stereocenters. The fourth-order valence-corrected chi connectivity index (χ4v) is 3.54. The number of likely N-dealkylation sites (tertiary alicyclic amines) is 1. The zero-order valence-corrected chi connectivity index (χ0v) is 15.8. The van der Waals surface area contributed by atoms with E-state index >= 15 is 0 Å². The summed E-state index contributed by atoms with van der Waals surface area (Å²) < 4.78 is 20.2. The van der Waals surface area contributed by atoms with Gasteiger partial charge in [-0.05, 0) is 23.7 Å². The lowest BCUT2D eigenvalue weighted by atomic mass is 10.2. The maximum Gasteiger partial charge on any atom is 0.257 e. The molecule has 3 nitrogen and oxygen atoms in total. The van der Waals surface area contributed by atoms with E-state index in [1.165, 1.54) is 0 Å². The highest BCUT2D eigenvalue weighted by Gasteiger charge is 2.43. The number of rotatable bonds is 5. The predicted octanol–water partition coefficient (Wildman–Crippen LogP) is 4.15. The lowest BCUT2D eigenvalue weighted by Crippen LogP contribution is -2.45. The fraction of sp³-hybridized carbons (Fsp3) is 0.611. The number of halogens is 1.